The van der Waals surface area contributed by atoms with Crippen molar-refractivity contribution < 1.29 is 4.55 Å². The molecule has 2 fully saturated rings. The fourth-order valence-electron chi connectivity index (χ4n) is 5.89. The number of rotatable bonds is 5. The van der Waals surface area contributed by atoms with Crippen molar-refractivity contribution in [3.05, 3.63) is 52.3 Å². The molecule has 180 valence electrons. The number of hydrogen-bond donors (Lipinski definition) is 1. The first kappa shape index (κ1) is 22.8. The van der Waals surface area contributed by atoms with E-state index in [4.69, 9.17) is 0 Å². The summed E-state index contributed by atoms with van der Waals surface area (Å²) in [5.74, 6) is 1.60. The van der Waals surface area contributed by atoms with Gasteiger partial charge in [-0.1, -0.05) is 17.2 Å². The second-order valence-corrected chi connectivity index (χ2v) is 12.6. The Kier molecular flexibility index (Phi) is 5.72. The Morgan fingerprint density at radius 3 is 2.89 bits per heavy atom. The van der Waals surface area contributed by atoms with Gasteiger partial charge in [0.05, 0.1) is 16.5 Å². The van der Waals surface area contributed by atoms with Crippen LogP contribution >= 0.6 is 11.3 Å². The molecule has 2 saturated heterocycles. The van der Waals surface area contributed by atoms with Gasteiger partial charge < -0.3 is 14.4 Å². The molecule has 0 saturated carbocycles. The fourth-order valence-corrected chi connectivity index (χ4v) is 7.90. The van der Waals surface area contributed by atoms with Crippen LogP contribution in [0.5, 0.6) is 0 Å². The minimum Gasteiger partial charge on any atom is -0.616 e. The third-order valence-corrected chi connectivity index (χ3v) is 9.60. The summed E-state index contributed by atoms with van der Waals surface area (Å²) in [6.07, 6.45) is 5.79. The van der Waals surface area contributed by atoms with Crippen LogP contribution in [0.1, 0.15) is 34.5 Å². The fraction of sp³-hybridized carbons (Fsp3) is 0.423. The molecule has 0 bridgehead atoms. The van der Waals surface area contributed by atoms with Crippen LogP contribution in [0.3, 0.4) is 0 Å². The van der Waals surface area contributed by atoms with E-state index in [1.807, 2.05) is 6.07 Å². The molecule has 0 aliphatic carbocycles. The van der Waals surface area contributed by atoms with E-state index in [1.54, 1.807) is 23.9 Å². The largest absolute Gasteiger partial charge is 0.616 e. The molecule has 0 amide bonds. The molecular formula is C26H28N6OS2. The smallest absolute Gasteiger partial charge is 0.140 e. The van der Waals surface area contributed by atoms with Gasteiger partial charge in [0.1, 0.15) is 34.5 Å². The summed E-state index contributed by atoms with van der Waals surface area (Å²) < 4.78 is 11.7. The minimum absolute atomic E-state index is 0.293. The van der Waals surface area contributed by atoms with E-state index in [2.05, 4.69) is 55.9 Å². The van der Waals surface area contributed by atoms with Crippen LogP contribution in [0.4, 0.5) is 5.82 Å². The maximum atomic E-state index is 11.7. The van der Waals surface area contributed by atoms with Gasteiger partial charge >= 0.3 is 0 Å². The Labute approximate surface area is 212 Å². The SMILES string of the molecule is Cc1c(CN2CCC3(CCN(c4ncnc5sc(C[S+](C)[O-])cc45)C3)C2)ccc2[nH]c(C#N)cc12. The number of benzene rings is 1. The van der Waals surface area contributed by atoms with Gasteiger partial charge in [0.15, 0.2) is 0 Å². The molecule has 9 heteroatoms. The maximum absolute atomic E-state index is 11.7. The number of aromatic amines is 1. The highest BCUT2D eigenvalue weighted by atomic mass is 32.2. The van der Waals surface area contributed by atoms with Gasteiger partial charge in [-0.2, -0.15) is 5.26 Å². The number of fused-ring (bicyclic) bond motifs is 2. The van der Waals surface area contributed by atoms with E-state index in [0.29, 0.717) is 16.9 Å². The lowest BCUT2D eigenvalue weighted by molar-refractivity contribution is 0.270. The van der Waals surface area contributed by atoms with E-state index in [9.17, 15) is 9.81 Å². The number of nitriles is 1. The highest BCUT2D eigenvalue weighted by molar-refractivity contribution is 7.90. The lowest BCUT2D eigenvalue weighted by Crippen LogP contribution is -2.31. The Morgan fingerprint density at radius 1 is 1.20 bits per heavy atom. The maximum Gasteiger partial charge on any atom is 0.140 e. The normalized spacial score (nSPS) is 21.5. The topological polar surface area (TPSA) is 94.9 Å². The molecule has 35 heavy (non-hydrogen) atoms. The van der Waals surface area contributed by atoms with Crippen LogP contribution in [0.25, 0.3) is 21.1 Å². The van der Waals surface area contributed by atoms with Crippen molar-refractivity contribution in [1.29, 1.82) is 5.26 Å². The number of nitrogens with one attached hydrogen (secondary N) is 1. The van der Waals surface area contributed by atoms with Gasteiger partial charge in [-0.3, -0.25) is 4.90 Å². The number of thiophene rings is 1. The zero-order chi connectivity index (χ0) is 24.2. The number of aryl methyl sites for hydroxylation is 1. The Morgan fingerprint density at radius 2 is 2.06 bits per heavy atom. The van der Waals surface area contributed by atoms with Gasteiger partial charge in [-0.25, -0.2) is 9.97 Å². The van der Waals surface area contributed by atoms with E-state index < -0.39 is 11.2 Å². The van der Waals surface area contributed by atoms with Crippen molar-refractivity contribution in [1.82, 2.24) is 19.9 Å². The number of hydrogen-bond acceptors (Lipinski definition) is 7. The second-order valence-electron chi connectivity index (χ2n) is 10.1. The molecule has 5 heterocycles. The molecule has 1 spiro atoms. The highest BCUT2D eigenvalue weighted by Crippen LogP contribution is 2.43. The summed E-state index contributed by atoms with van der Waals surface area (Å²) in [4.78, 5) is 19.5. The van der Waals surface area contributed by atoms with Crippen molar-refractivity contribution in [2.45, 2.75) is 32.1 Å². The summed E-state index contributed by atoms with van der Waals surface area (Å²) in [5, 5.41) is 11.5. The van der Waals surface area contributed by atoms with Crippen LogP contribution in [0.2, 0.25) is 0 Å². The van der Waals surface area contributed by atoms with Crippen LogP contribution in [0.15, 0.2) is 30.6 Å². The van der Waals surface area contributed by atoms with Crippen molar-refractivity contribution in [2.75, 3.05) is 37.3 Å². The zero-order valence-corrected chi connectivity index (χ0v) is 21.6. The summed E-state index contributed by atoms with van der Waals surface area (Å²) in [7, 11) is 0. The molecule has 3 aromatic heterocycles. The van der Waals surface area contributed by atoms with E-state index in [0.717, 1.165) is 64.5 Å². The number of aromatic nitrogens is 3. The summed E-state index contributed by atoms with van der Waals surface area (Å²) in [6, 6.07) is 10.6. The number of anilines is 1. The zero-order valence-electron chi connectivity index (χ0n) is 20.0. The lowest BCUT2D eigenvalue weighted by atomic mass is 9.86. The van der Waals surface area contributed by atoms with Gasteiger partial charge in [-0.15, -0.1) is 11.3 Å². The van der Waals surface area contributed by atoms with E-state index in [-0.39, 0.29) is 0 Å². The van der Waals surface area contributed by atoms with Crippen LogP contribution in [0, 0.1) is 23.7 Å². The van der Waals surface area contributed by atoms with E-state index >= 15 is 0 Å². The molecule has 2 aliphatic rings. The van der Waals surface area contributed by atoms with Gasteiger partial charge in [0.25, 0.3) is 0 Å². The lowest BCUT2D eigenvalue weighted by Gasteiger charge is -2.25. The Balaban J connectivity index is 1.18. The monoisotopic (exact) mass is 504 g/mol. The van der Waals surface area contributed by atoms with Gasteiger partial charge in [-0.05, 0) is 55.6 Å². The molecule has 2 unspecified atom stereocenters. The first-order chi connectivity index (χ1) is 16.9. The Hall–Kier alpha value is -2.64. The van der Waals surface area contributed by atoms with Crippen LogP contribution < -0.4 is 4.90 Å². The predicted molar refractivity (Wildman–Crippen MR) is 142 cm³/mol. The third kappa shape index (κ3) is 4.19. The summed E-state index contributed by atoms with van der Waals surface area (Å²) >= 11 is 0.768. The number of likely N-dealkylation sites (tertiary alicyclic amines) is 1. The average molecular weight is 505 g/mol. The molecule has 7 nitrogen and oxygen atoms in total. The van der Waals surface area contributed by atoms with Crippen molar-refractivity contribution in [2.24, 2.45) is 5.41 Å². The van der Waals surface area contributed by atoms with Gasteiger partial charge in [0.2, 0.25) is 0 Å². The summed E-state index contributed by atoms with van der Waals surface area (Å²) in [6.45, 7) is 7.33. The van der Waals surface area contributed by atoms with Crippen LogP contribution in [-0.2, 0) is 23.5 Å². The predicted octanol–water partition coefficient (Wildman–Crippen LogP) is 4.33. The minimum atomic E-state index is -0.862. The molecule has 2 aliphatic heterocycles. The quantitative estimate of drug-likeness (QED) is 0.407. The molecule has 1 N–H and O–H groups in total. The molecule has 2 atom stereocenters. The van der Waals surface area contributed by atoms with Gasteiger partial charge in [0, 0.05) is 42.5 Å². The third-order valence-electron chi connectivity index (χ3n) is 7.66. The molecule has 6 rings (SSSR count). The first-order valence-corrected chi connectivity index (χ1v) is 14.5. The van der Waals surface area contributed by atoms with Crippen molar-refractivity contribution in [3.63, 3.8) is 0 Å². The number of H-pyrrole nitrogens is 1. The summed E-state index contributed by atoms with van der Waals surface area (Å²) in [5.41, 5.74) is 4.54. The van der Waals surface area contributed by atoms with Crippen LogP contribution in [-0.4, -0.2) is 56.8 Å². The Bertz CT molecular complexity index is 1450. The first-order valence-electron chi connectivity index (χ1n) is 12.0. The van der Waals surface area contributed by atoms with Crippen molar-refractivity contribution >= 4 is 49.5 Å². The highest BCUT2D eigenvalue weighted by Gasteiger charge is 2.44. The average Bonchev–Trinajstić information content (AvgIpc) is 3.61. The second kappa shape index (κ2) is 8.79. The molecule has 1 aromatic carbocycles. The van der Waals surface area contributed by atoms with E-state index in [1.165, 1.54) is 24.0 Å². The number of nitrogens with zero attached hydrogens (tertiary/aromatic N) is 5. The van der Waals surface area contributed by atoms with Crippen molar-refractivity contribution in [3.8, 4) is 6.07 Å². The molecule has 4 aromatic rings. The standard InChI is InChI=1S/C26H28N6OS2/c1-17-18(3-4-23-21(17)9-19(11-27)30-23)12-31-7-5-26(14-31)6-8-32(15-26)24-22-10-20(13-35(2)33)34-25(22)29-16-28-24/h3-4,9-10,16,30H,5-8,12-15H2,1-2H3. The molecule has 0 radical (unpaired) electrons. The molecular weight excluding hydrogens is 476 g/mol.